The average Bonchev–Trinajstić information content (AvgIpc) is 3.05. The summed E-state index contributed by atoms with van der Waals surface area (Å²) in [4.78, 5) is 12.3. The molecule has 2 N–H and O–H groups in total. The Labute approximate surface area is 110 Å². The maximum absolute atomic E-state index is 12.8. The minimum atomic E-state index is -3.35. The second-order valence-electron chi connectivity index (χ2n) is 3.75. The van der Waals surface area contributed by atoms with E-state index < -0.39 is 25.0 Å². The van der Waals surface area contributed by atoms with Crippen LogP contribution < -0.4 is 5.32 Å². The summed E-state index contributed by atoms with van der Waals surface area (Å²) in [5.41, 5.74) is -0.0860. The molecule has 0 radical (unpaired) electrons. The summed E-state index contributed by atoms with van der Waals surface area (Å²) >= 11 is 1.40. The van der Waals surface area contributed by atoms with E-state index in [1.165, 1.54) is 17.4 Å². The van der Waals surface area contributed by atoms with Crippen molar-refractivity contribution in [3.05, 3.63) is 29.3 Å². The van der Waals surface area contributed by atoms with Crippen LogP contribution in [0.25, 0.3) is 10.6 Å². The fourth-order valence-corrected chi connectivity index (χ4v) is 1.95. The molecule has 0 unspecified atom stereocenters. The van der Waals surface area contributed by atoms with Gasteiger partial charge in [0.15, 0.2) is 11.5 Å². The van der Waals surface area contributed by atoms with Crippen molar-refractivity contribution in [2.24, 2.45) is 0 Å². The molecule has 5 nitrogen and oxygen atoms in total. The van der Waals surface area contributed by atoms with Crippen molar-refractivity contribution in [1.29, 1.82) is 0 Å². The molecule has 0 saturated heterocycles. The first kappa shape index (κ1) is 13.6. The van der Waals surface area contributed by atoms with Gasteiger partial charge in [-0.2, -0.15) is 0 Å². The number of alkyl halides is 2. The number of amides is 1. The van der Waals surface area contributed by atoms with Crippen LogP contribution in [0.1, 0.15) is 10.5 Å². The third-order valence-corrected chi connectivity index (χ3v) is 3.13. The topological polar surface area (TPSA) is 75.4 Å². The predicted octanol–water partition coefficient (Wildman–Crippen LogP) is 1.76. The van der Waals surface area contributed by atoms with Gasteiger partial charge in [0.1, 0.15) is 6.61 Å². The zero-order valence-corrected chi connectivity index (χ0v) is 10.4. The van der Waals surface area contributed by atoms with Gasteiger partial charge in [0.2, 0.25) is 0 Å². The molecule has 0 bridgehead atoms. The summed E-state index contributed by atoms with van der Waals surface area (Å²) < 4.78 is 30.5. The zero-order valence-electron chi connectivity index (χ0n) is 9.60. The molecule has 0 atom stereocenters. The number of aromatic nitrogens is 1. The molecule has 2 heterocycles. The molecule has 2 aromatic rings. The highest BCUT2D eigenvalue weighted by Crippen LogP contribution is 2.25. The van der Waals surface area contributed by atoms with Gasteiger partial charge in [0, 0.05) is 6.07 Å². The minimum Gasteiger partial charge on any atom is -0.390 e. The van der Waals surface area contributed by atoms with Crippen LogP contribution in [-0.2, 0) is 0 Å². The molecule has 19 heavy (non-hydrogen) atoms. The van der Waals surface area contributed by atoms with Gasteiger partial charge in [-0.1, -0.05) is 11.2 Å². The Morgan fingerprint density at radius 2 is 2.37 bits per heavy atom. The van der Waals surface area contributed by atoms with Crippen LogP contribution in [0.15, 0.2) is 28.1 Å². The third-order valence-electron chi connectivity index (χ3n) is 2.25. The number of aliphatic hydroxyl groups excluding tert-OH is 1. The lowest BCUT2D eigenvalue weighted by Crippen LogP contribution is -2.39. The van der Waals surface area contributed by atoms with Gasteiger partial charge in [-0.25, -0.2) is 8.78 Å². The van der Waals surface area contributed by atoms with E-state index in [-0.39, 0.29) is 5.69 Å². The standard InChI is InChI=1S/C11H10F2N2O3S/c12-11(13,6-16)5-14-10(17)7-4-8(18-15-7)9-2-1-3-19-9/h1-4,16H,5-6H2,(H,14,17). The van der Waals surface area contributed by atoms with Crippen molar-refractivity contribution in [2.45, 2.75) is 5.92 Å². The summed E-state index contributed by atoms with van der Waals surface area (Å²) in [7, 11) is 0. The Morgan fingerprint density at radius 1 is 1.58 bits per heavy atom. The number of hydrogen-bond acceptors (Lipinski definition) is 5. The van der Waals surface area contributed by atoms with Crippen LogP contribution in [0.4, 0.5) is 8.78 Å². The first-order valence-corrected chi connectivity index (χ1v) is 6.17. The molecular formula is C11H10F2N2O3S. The SMILES string of the molecule is O=C(NCC(F)(F)CO)c1cc(-c2cccs2)on1. The zero-order chi connectivity index (χ0) is 13.9. The van der Waals surface area contributed by atoms with Gasteiger partial charge >= 0.3 is 0 Å². The monoisotopic (exact) mass is 288 g/mol. The Kier molecular flexibility index (Phi) is 3.91. The number of aliphatic hydroxyl groups is 1. The predicted molar refractivity (Wildman–Crippen MR) is 64.2 cm³/mol. The van der Waals surface area contributed by atoms with E-state index in [2.05, 4.69) is 5.16 Å². The average molecular weight is 288 g/mol. The van der Waals surface area contributed by atoms with Crippen LogP contribution in [-0.4, -0.2) is 35.2 Å². The van der Waals surface area contributed by atoms with Crippen molar-refractivity contribution in [1.82, 2.24) is 10.5 Å². The van der Waals surface area contributed by atoms with Crippen LogP contribution in [0.5, 0.6) is 0 Å². The summed E-state index contributed by atoms with van der Waals surface area (Å²) in [5.74, 6) is -3.73. The highest BCUT2D eigenvalue weighted by Gasteiger charge is 2.28. The molecular weight excluding hydrogens is 278 g/mol. The molecule has 0 fully saturated rings. The van der Waals surface area contributed by atoms with Gasteiger partial charge in [-0.3, -0.25) is 4.79 Å². The smallest absolute Gasteiger partial charge is 0.287 e. The van der Waals surface area contributed by atoms with E-state index in [1.54, 1.807) is 6.07 Å². The second kappa shape index (κ2) is 5.45. The van der Waals surface area contributed by atoms with E-state index in [1.807, 2.05) is 16.8 Å². The Bertz CT molecular complexity index is 554. The van der Waals surface area contributed by atoms with Crippen molar-refractivity contribution in [3.63, 3.8) is 0 Å². The molecule has 0 aromatic carbocycles. The molecule has 2 rings (SSSR count). The fraction of sp³-hybridized carbons (Fsp3) is 0.273. The fourth-order valence-electron chi connectivity index (χ4n) is 1.27. The van der Waals surface area contributed by atoms with Gasteiger partial charge in [0.25, 0.3) is 11.8 Å². The number of halogens is 2. The van der Waals surface area contributed by atoms with Gasteiger partial charge < -0.3 is 14.9 Å². The number of rotatable bonds is 5. The van der Waals surface area contributed by atoms with E-state index in [9.17, 15) is 13.6 Å². The third kappa shape index (κ3) is 3.36. The normalized spacial score (nSPS) is 11.5. The maximum Gasteiger partial charge on any atom is 0.287 e. The van der Waals surface area contributed by atoms with Crippen molar-refractivity contribution in [3.8, 4) is 10.6 Å². The van der Waals surface area contributed by atoms with Crippen molar-refractivity contribution >= 4 is 17.2 Å². The van der Waals surface area contributed by atoms with E-state index in [0.717, 1.165) is 4.88 Å². The van der Waals surface area contributed by atoms with Gasteiger partial charge in [-0.15, -0.1) is 11.3 Å². The number of nitrogens with one attached hydrogen (secondary N) is 1. The van der Waals surface area contributed by atoms with E-state index in [4.69, 9.17) is 9.63 Å². The van der Waals surface area contributed by atoms with Crippen LogP contribution in [0.2, 0.25) is 0 Å². The molecule has 2 aromatic heterocycles. The largest absolute Gasteiger partial charge is 0.390 e. The Morgan fingerprint density at radius 3 is 3.00 bits per heavy atom. The van der Waals surface area contributed by atoms with Crippen molar-refractivity contribution in [2.75, 3.05) is 13.2 Å². The summed E-state index contributed by atoms with van der Waals surface area (Å²) in [6, 6.07) is 4.97. The van der Waals surface area contributed by atoms with Crippen LogP contribution >= 0.6 is 11.3 Å². The number of carbonyl (C=O) groups excluding carboxylic acids is 1. The number of nitrogens with zero attached hydrogens (tertiary/aromatic N) is 1. The molecule has 1 amide bonds. The highest BCUT2D eigenvalue weighted by molar-refractivity contribution is 7.13. The Hall–Kier alpha value is -1.80. The number of thiophene rings is 1. The lowest BCUT2D eigenvalue weighted by Gasteiger charge is -2.12. The van der Waals surface area contributed by atoms with E-state index >= 15 is 0 Å². The Balaban J connectivity index is 2.01. The number of hydrogen-bond donors (Lipinski definition) is 2. The molecule has 0 saturated carbocycles. The quantitative estimate of drug-likeness (QED) is 0.879. The number of carbonyl (C=O) groups is 1. The summed E-state index contributed by atoms with van der Waals surface area (Å²) in [6.07, 6.45) is 0. The summed E-state index contributed by atoms with van der Waals surface area (Å²) in [6.45, 7) is -2.28. The van der Waals surface area contributed by atoms with Crippen LogP contribution in [0, 0.1) is 0 Å². The van der Waals surface area contributed by atoms with Gasteiger partial charge in [-0.05, 0) is 11.4 Å². The first-order chi connectivity index (χ1) is 9.02. The van der Waals surface area contributed by atoms with Gasteiger partial charge in [0.05, 0.1) is 11.4 Å². The second-order valence-corrected chi connectivity index (χ2v) is 4.70. The molecule has 8 heteroatoms. The molecule has 102 valence electrons. The molecule has 0 aliphatic heterocycles. The maximum atomic E-state index is 12.8. The lowest BCUT2D eigenvalue weighted by atomic mass is 10.3. The minimum absolute atomic E-state index is 0.0860. The first-order valence-electron chi connectivity index (χ1n) is 5.29. The molecule has 0 aliphatic carbocycles. The van der Waals surface area contributed by atoms with Crippen molar-refractivity contribution < 1.29 is 23.2 Å². The molecule has 0 aliphatic rings. The highest BCUT2D eigenvalue weighted by atomic mass is 32.1. The summed E-state index contributed by atoms with van der Waals surface area (Å²) in [5, 5.41) is 15.7. The van der Waals surface area contributed by atoms with E-state index in [0.29, 0.717) is 5.76 Å². The lowest BCUT2D eigenvalue weighted by molar-refractivity contribution is -0.0462. The van der Waals surface area contributed by atoms with Crippen LogP contribution in [0.3, 0.4) is 0 Å². The molecule has 0 spiro atoms.